The zero-order valence-electron chi connectivity index (χ0n) is 13.3. The van der Waals surface area contributed by atoms with E-state index in [2.05, 4.69) is 15.6 Å². The number of aliphatic hydroxyl groups is 1. The molecule has 1 atom stereocenters. The van der Waals surface area contributed by atoms with Crippen LogP contribution >= 0.6 is 11.6 Å². The Morgan fingerprint density at radius 2 is 2.26 bits per heavy atom. The highest BCUT2D eigenvalue weighted by molar-refractivity contribution is 6.30. The van der Waals surface area contributed by atoms with Crippen LogP contribution in [0.25, 0.3) is 5.69 Å². The zero-order valence-corrected chi connectivity index (χ0v) is 14.0. The van der Waals surface area contributed by atoms with Crippen LogP contribution in [0, 0.1) is 0 Å². The Balaban J connectivity index is 2.22. The van der Waals surface area contributed by atoms with E-state index in [-0.39, 0.29) is 18.6 Å². The van der Waals surface area contributed by atoms with E-state index in [0.29, 0.717) is 30.0 Å². The number of rotatable bonds is 7. The summed E-state index contributed by atoms with van der Waals surface area (Å²) in [5.41, 5.74) is 1.83. The SMILES string of the molecule is CCc1c(C(=O)NC(C)CCCO)nnn1-c1cccc(Cl)c1. The molecule has 1 unspecified atom stereocenters. The Morgan fingerprint density at radius 1 is 1.48 bits per heavy atom. The van der Waals surface area contributed by atoms with Gasteiger partial charge in [-0.1, -0.05) is 29.8 Å². The summed E-state index contributed by atoms with van der Waals surface area (Å²) < 4.78 is 1.64. The fraction of sp³-hybridized carbons (Fsp3) is 0.438. The summed E-state index contributed by atoms with van der Waals surface area (Å²) in [7, 11) is 0. The van der Waals surface area contributed by atoms with Crippen molar-refractivity contribution in [2.24, 2.45) is 0 Å². The lowest BCUT2D eigenvalue weighted by Gasteiger charge is -2.12. The molecular formula is C16H21ClN4O2. The first-order chi connectivity index (χ1) is 11.1. The van der Waals surface area contributed by atoms with E-state index in [9.17, 15) is 4.79 Å². The fourth-order valence-electron chi connectivity index (χ4n) is 2.37. The molecule has 0 aliphatic carbocycles. The summed E-state index contributed by atoms with van der Waals surface area (Å²) in [6, 6.07) is 7.22. The molecule has 6 nitrogen and oxygen atoms in total. The summed E-state index contributed by atoms with van der Waals surface area (Å²) in [6.45, 7) is 3.97. The van der Waals surface area contributed by atoms with Crippen molar-refractivity contribution in [3.63, 3.8) is 0 Å². The van der Waals surface area contributed by atoms with E-state index in [0.717, 1.165) is 11.4 Å². The second-order valence-electron chi connectivity index (χ2n) is 5.37. The van der Waals surface area contributed by atoms with Gasteiger partial charge in [-0.15, -0.1) is 5.10 Å². The molecule has 0 radical (unpaired) electrons. The van der Waals surface area contributed by atoms with Gasteiger partial charge in [-0.25, -0.2) is 4.68 Å². The van der Waals surface area contributed by atoms with Crippen LogP contribution in [0.5, 0.6) is 0 Å². The Bertz CT molecular complexity index is 672. The van der Waals surface area contributed by atoms with Gasteiger partial charge in [-0.2, -0.15) is 0 Å². The van der Waals surface area contributed by atoms with Gasteiger partial charge in [0.1, 0.15) is 0 Å². The van der Waals surface area contributed by atoms with Crippen LogP contribution in [0.1, 0.15) is 42.9 Å². The van der Waals surface area contributed by atoms with Crippen LogP contribution in [0.2, 0.25) is 5.02 Å². The van der Waals surface area contributed by atoms with Gasteiger partial charge in [0.05, 0.1) is 11.4 Å². The van der Waals surface area contributed by atoms with Crippen molar-refractivity contribution in [3.8, 4) is 5.69 Å². The Hall–Kier alpha value is -1.92. The molecule has 0 saturated heterocycles. The van der Waals surface area contributed by atoms with E-state index in [1.165, 1.54) is 0 Å². The van der Waals surface area contributed by atoms with Gasteiger partial charge in [0.2, 0.25) is 0 Å². The van der Waals surface area contributed by atoms with E-state index in [1.807, 2.05) is 26.0 Å². The highest BCUT2D eigenvalue weighted by Gasteiger charge is 2.20. The summed E-state index contributed by atoms with van der Waals surface area (Å²) in [4.78, 5) is 12.4. The Labute approximate surface area is 140 Å². The number of aliphatic hydroxyl groups excluding tert-OH is 1. The number of carbonyl (C=O) groups excluding carboxylic acids is 1. The van der Waals surface area contributed by atoms with Gasteiger partial charge in [-0.3, -0.25) is 4.79 Å². The second-order valence-corrected chi connectivity index (χ2v) is 5.81. The standard InChI is InChI=1S/C16H21ClN4O2/c1-3-14-15(16(23)18-11(2)6-5-9-22)19-20-21(14)13-8-4-7-12(17)10-13/h4,7-8,10-11,22H,3,5-6,9H2,1-2H3,(H,18,23). The van der Waals surface area contributed by atoms with Crippen molar-refractivity contribution in [1.29, 1.82) is 0 Å². The number of halogens is 1. The number of hydrogen-bond acceptors (Lipinski definition) is 4. The van der Waals surface area contributed by atoms with Gasteiger partial charge in [0.25, 0.3) is 5.91 Å². The molecule has 1 aromatic carbocycles. The molecule has 0 bridgehead atoms. The first kappa shape index (κ1) is 17.4. The van der Waals surface area contributed by atoms with E-state index in [4.69, 9.17) is 16.7 Å². The molecule has 0 fully saturated rings. The molecule has 124 valence electrons. The minimum Gasteiger partial charge on any atom is -0.396 e. The summed E-state index contributed by atoms with van der Waals surface area (Å²) in [6.07, 6.45) is 1.98. The smallest absolute Gasteiger partial charge is 0.273 e. The lowest BCUT2D eigenvalue weighted by Crippen LogP contribution is -2.33. The molecule has 2 aromatic rings. The molecule has 23 heavy (non-hydrogen) atoms. The van der Waals surface area contributed by atoms with Crippen molar-refractivity contribution in [2.45, 2.75) is 39.2 Å². The molecule has 1 aromatic heterocycles. The van der Waals surface area contributed by atoms with Crippen LogP contribution in [0.15, 0.2) is 24.3 Å². The zero-order chi connectivity index (χ0) is 16.8. The van der Waals surface area contributed by atoms with E-state index < -0.39 is 0 Å². The fourth-order valence-corrected chi connectivity index (χ4v) is 2.56. The molecule has 2 rings (SSSR count). The third kappa shape index (κ3) is 4.30. The van der Waals surface area contributed by atoms with Gasteiger partial charge in [-0.05, 0) is 44.4 Å². The lowest BCUT2D eigenvalue weighted by atomic mass is 10.1. The third-order valence-electron chi connectivity index (χ3n) is 3.54. The predicted octanol–water partition coefficient (Wildman–Crippen LogP) is 2.37. The van der Waals surface area contributed by atoms with E-state index in [1.54, 1.807) is 16.8 Å². The normalized spacial score (nSPS) is 12.2. The number of nitrogens with one attached hydrogen (secondary N) is 1. The first-order valence-electron chi connectivity index (χ1n) is 7.69. The van der Waals surface area contributed by atoms with Crippen molar-refractivity contribution < 1.29 is 9.90 Å². The highest BCUT2D eigenvalue weighted by atomic mass is 35.5. The molecule has 2 N–H and O–H groups in total. The molecule has 1 heterocycles. The van der Waals surface area contributed by atoms with Crippen molar-refractivity contribution in [1.82, 2.24) is 20.3 Å². The molecular weight excluding hydrogens is 316 g/mol. The minimum absolute atomic E-state index is 0.0318. The van der Waals surface area contributed by atoms with Crippen LogP contribution in [0.3, 0.4) is 0 Å². The Kier molecular flexibility index (Phi) is 6.12. The largest absolute Gasteiger partial charge is 0.396 e. The number of amides is 1. The molecule has 0 saturated carbocycles. The summed E-state index contributed by atoms with van der Waals surface area (Å²) >= 11 is 6.02. The summed E-state index contributed by atoms with van der Waals surface area (Å²) in [5.74, 6) is -0.249. The van der Waals surface area contributed by atoms with E-state index >= 15 is 0 Å². The van der Waals surface area contributed by atoms with Crippen LogP contribution < -0.4 is 5.32 Å². The molecule has 7 heteroatoms. The van der Waals surface area contributed by atoms with Crippen LogP contribution in [-0.4, -0.2) is 38.7 Å². The van der Waals surface area contributed by atoms with Crippen LogP contribution in [-0.2, 0) is 6.42 Å². The Morgan fingerprint density at radius 3 is 2.91 bits per heavy atom. The van der Waals surface area contributed by atoms with Crippen molar-refractivity contribution >= 4 is 17.5 Å². The second kappa shape index (κ2) is 8.08. The van der Waals surface area contributed by atoms with Gasteiger partial charge < -0.3 is 10.4 Å². The van der Waals surface area contributed by atoms with Gasteiger partial charge >= 0.3 is 0 Å². The van der Waals surface area contributed by atoms with Crippen molar-refractivity contribution in [2.75, 3.05) is 6.61 Å². The number of carbonyl (C=O) groups is 1. The average molecular weight is 337 g/mol. The molecule has 0 aliphatic rings. The van der Waals surface area contributed by atoms with Crippen molar-refractivity contribution in [3.05, 3.63) is 40.7 Å². The maximum absolute atomic E-state index is 12.4. The minimum atomic E-state index is -0.249. The first-order valence-corrected chi connectivity index (χ1v) is 8.06. The molecule has 0 spiro atoms. The van der Waals surface area contributed by atoms with Gasteiger partial charge in [0, 0.05) is 17.7 Å². The third-order valence-corrected chi connectivity index (χ3v) is 3.77. The maximum Gasteiger partial charge on any atom is 0.273 e. The topological polar surface area (TPSA) is 80.0 Å². The molecule has 1 amide bonds. The average Bonchev–Trinajstić information content (AvgIpc) is 2.96. The molecule has 0 aliphatic heterocycles. The maximum atomic E-state index is 12.4. The quantitative estimate of drug-likeness (QED) is 0.813. The number of nitrogens with zero attached hydrogens (tertiary/aromatic N) is 3. The number of benzene rings is 1. The predicted molar refractivity (Wildman–Crippen MR) is 89.0 cm³/mol. The summed E-state index contributed by atoms with van der Waals surface area (Å²) in [5, 5.41) is 20.5. The monoisotopic (exact) mass is 336 g/mol. The van der Waals surface area contributed by atoms with Crippen LogP contribution in [0.4, 0.5) is 0 Å². The lowest BCUT2D eigenvalue weighted by molar-refractivity contribution is 0.0930. The number of aromatic nitrogens is 3. The number of hydrogen-bond donors (Lipinski definition) is 2. The highest BCUT2D eigenvalue weighted by Crippen LogP contribution is 2.18. The van der Waals surface area contributed by atoms with Gasteiger partial charge in [0.15, 0.2) is 5.69 Å².